The summed E-state index contributed by atoms with van der Waals surface area (Å²) in [6.45, 7) is 0. The molecule has 0 saturated heterocycles. The normalized spacial score (nSPS) is 11.6. The average Bonchev–Trinajstić information content (AvgIpc) is 4.07. The minimum Gasteiger partial charge on any atom is -0.310 e. The smallest absolute Gasteiger partial charge is 0.0623 e. The summed E-state index contributed by atoms with van der Waals surface area (Å²) in [4.78, 5) is 4.88. The molecule has 0 unspecified atom stereocenters. The Morgan fingerprint density at radius 1 is 0.237 bits per heavy atom. The van der Waals surface area contributed by atoms with Crippen molar-refractivity contribution in [2.24, 2.45) is 0 Å². The van der Waals surface area contributed by atoms with Crippen molar-refractivity contribution in [3.8, 4) is 55.6 Å². The number of nitrogens with zero attached hydrogens (tertiary/aromatic N) is 2. The Hall–Kier alpha value is -9.32. The Morgan fingerprint density at radius 3 is 1.20 bits per heavy atom. The van der Waals surface area contributed by atoms with E-state index in [0.717, 1.165) is 73.1 Å². The van der Waals surface area contributed by atoms with Crippen LogP contribution in [0.5, 0.6) is 0 Å². The molecule has 14 aromatic rings. The van der Waals surface area contributed by atoms with Crippen LogP contribution >= 0.6 is 22.7 Å². The first-order chi connectivity index (χ1) is 38.1. The van der Waals surface area contributed by atoms with Crippen molar-refractivity contribution in [2.45, 2.75) is 0 Å². The predicted molar refractivity (Wildman–Crippen MR) is 329 cm³/mol. The van der Waals surface area contributed by atoms with E-state index >= 15 is 0 Å². The fourth-order valence-corrected chi connectivity index (χ4v) is 13.1. The number of rotatable bonds is 11. The zero-order chi connectivity index (χ0) is 51.2. The Kier molecular flexibility index (Phi) is 11.3. The first-order valence-electron chi connectivity index (χ1n) is 26.2. The van der Waals surface area contributed by atoms with Gasteiger partial charge in [-0.1, -0.05) is 200 Å². The Balaban J connectivity index is 1.03. The van der Waals surface area contributed by atoms with E-state index in [1.54, 1.807) is 0 Å². The second-order valence-corrected chi connectivity index (χ2v) is 21.3. The molecule has 0 aliphatic rings. The van der Waals surface area contributed by atoms with Crippen LogP contribution in [0, 0.1) is 0 Å². The Bertz CT molecular complexity index is 4430. The highest BCUT2D eigenvalue weighted by Gasteiger charge is 2.27. The van der Waals surface area contributed by atoms with Crippen LogP contribution in [0.25, 0.3) is 96.0 Å². The van der Waals surface area contributed by atoms with E-state index in [9.17, 15) is 0 Å². The third-order valence-corrected chi connectivity index (χ3v) is 16.9. The number of anilines is 6. The van der Waals surface area contributed by atoms with Crippen LogP contribution in [0.15, 0.2) is 291 Å². The maximum Gasteiger partial charge on any atom is 0.0623 e. The summed E-state index contributed by atoms with van der Waals surface area (Å²) in [7, 11) is 0. The summed E-state index contributed by atoms with van der Waals surface area (Å²) < 4.78 is 13.6. The molecule has 14 rings (SSSR count). The maximum absolute atomic E-state index is 8.42. The minimum atomic E-state index is 0.491. The second-order valence-electron chi connectivity index (χ2n) is 19.2. The summed E-state index contributed by atoms with van der Waals surface area (Å²) >= 11 is 3.70. The highest BCUT2D eigenvalue weighted by molar-refractivity contribution is 7.26. The van der Waals surface area contributed by atoms with Gasteiger partial charge in [-0.3, -0.25) is 0 Å². The highest BCUT2D eigenvalue weighted by Crippen LogP contribution is 2.52. The van der Waals surface area contributed by atoms with Crippen molar-refractivity contribution in [2.75, 3.05) is 9.80 Å². The van der Waals surface area contributed by atoms with Gasteiger partial charge in [-0.2, -0.15) is 0 Å². The quantitative estimate of drug-likeness (QED) is 0.127. The molecule has 358 valence electrons. The molecule has 0 aliphatic heterocycles. The van der Waals surface area contributed by atoms with E-state index in [1.807, 2.05) is 40.9 Å². The molecule has 2 nitrogen and oxygen atoms in total. The molecule has 4 heteroatoms. The lowest BCUT2D eigenvalue weighted by Gasteiger charge is -2.34. The van der Waals surface area contributed by atoms with Crippen LogP contribution in [0.3, 0.4) is 0 Å². The van der Waals surface area contributed by atoms with Crippen molar-refractivity contribution >= 4 is 97.1 Å². The molecule has 2 aromatic heterocycles. The topological polar surface area (TPSA) is 6.48 Å². The van der Waals surface area contributed by atoms with Crippen molar-refractivity contribution in [1.82, 2.24) is 0 Å². The summed E-state index contributed by atoms with van der Waals surface area (Å²) in [6.07, 6.45) is 0. The average molecular weight is 1010 g/mol. The van der Waals surface area contributed by atoms with Gasteiger partial charge in [-0.25, -0.2) is 0 Å². The van der Waals surface area contributed by atoms with E-state index in [4.69, 9.17) is 1.37 Å². The minimum absolute atomic E-state index is 0.491. The zero-order valence-electron chi connectivity index (χ0n) is 42.3. The number of para-hydroxylation sites is 2. The molecule has 2 heterocycles. The molecule has 0 bridgehead atoms. The lowest BCUT2D eigenvalue weighted by Crippen LogP contribution is -2.16. The largest absolute Gasteiger partial charge is 0.310 e. The molecule has 0 atom stereocenters. The third-order valence-electron chi connectivity index (χ3n) is 14.6. The molecule has 0 radical (unpaired) electrons. The Labute approximate surface area is 452 Å². The summed E-state index contributed by atoms with van der Waals surface area (Å²) in [5.41, 5.74) is 17.4. The molecular weight excluding hydrogens is 957 g/mol. The molecule has 0 N–H and O–H groups in total. The second kappa shape index (κ2) is 19.5. The highest BCUT2D eigenvalue weighted by atomic mass is 32.1. The summed E-state index contributed by atoms with van der Waals surface area (Å²) in [6, 6.07) is 104. The lowest BCUT2D eigenvalue weighted by molar-refractivity contribution is 1.25. The van der Waals surface area contributed by atoms with Crippen LogP contribution in [-0.2, 0) is 0 Å². The van der Waals surface area contributed by atoms with Crippen molar-refractivity contribution in [1.29, 1.82) is 0 Å². The SMILES string of the molecule is [2H]c1cccc(-c2ccc(N(c3ccccc3)c3cc(-c4ccc(-c5ccc6c(c5)sc5ccccc56)cc4)cc(N(c4ccccc4)c4ccc(-c5ccccc5)cc4)c3-c3ccc4sc5ccccc5c4c3)cc2)c1. The van der Waals surface area contributed by atoms with E-state index in [0.29, 0.717) is 6.04 Å². The molecule has 0 saturated carbocycles. The summed E-state index contributed by atoms with van der Waals surface area (Å²) in [5.74, 6) is 0. The van der Waals surface area contributed by atoms with Crippen LogP contribution in [0.4, 0.5) is 34.1 Å². The first kappa shape index (κ1) is 44.2. The first-order valence-corrected chi connectivity index (χ1v) is 27.3. The van der Waals surface area contributed by atoms with Gasteiger partial charge in [-0.15, -0.1) is 22.7 Å². The van der Waals surface area contributed by atoms with Gasteiger partial charge in [0.1, 0.15) is 0 Å². The zero-order valence-corrected chi connectivity index (χ0v) is 43.0. The van der Waals surface area contributed by atoms with E-state index in [-0.39, 0.29) is 0 Å². The standard InChI is InChI=1S/C72H48N2S2/c1-5-17-49(18-6-1)51-33-39-60(40-34-51)73(58-21-9-3-10-22-58)66-46-57(54-31-29-53(30-32-54)55-37-43-64-62-25-13-15-27-68(62)76-71(64)48-55)47-67(72(66)56-38-44-70-65(45-56)63-26-14-16-28-69(63)75-70)74(59-23-11-4-12-24-59)61-41-35-52(36-42-61)50-19-7-2-8-20-50/h1-48H/i5D. The maximum atomic E-state index is 8.42. The van der Waals surface area contributed by atoms with Gasteiger partial charge in [0.15, 0.2) is 0 Å². The number of thiophene rings is 2. The van der Waals surface area contributed by atoms with Crippen molar-refractivity contribution < 1.29 is 1.37 Å². The lowest BCUT2D eigenvalue weighted by atomic mass is 9.92. The van der Waals surface area contributed by atoms with Gasteiger partial charge in [0.25, 0.3) is 0 Å². The van der Waals surface area contributed by atoms with Gasteiger partial charge in [-0.05, 0) is 141 Å². The Morgan fingerprint density at radius 2 is 0.618 bits per heavy atom. The van der Waals surface area contributed by atoms with E-state index < -0.39 is 0 Å². The summed E-state index contributed by atoms with van der Waals surface area (Å²) in [5, 5.41) is 5.10. The number of hydrogen-bond donors (Lipinski definition) is 0. The molecular formula is C72H48N2S2. The van der Waals surface area contributed by atoms with E-state index in [2.05, 4.69) is 277 Å². The van der Waals surface area contributed by atoms with Crippen molar-refractivity contribution in [3.63, 3.8) is 0 Å². The van der Waals surface area contributed by atoms with Crippen molar-refractivity contribution in [3.05, 3.63) is 291 Å². The molecule has 76 heavy (non-hydrogen) atoms. The number of fused-ring (bicyclic) bond motifs is 6. The fourth-order valence-electron chi connectivity index (χ4n) is 10.9. The molecule has 0 aliphatic carbocycles. The molecule has 12 aromatic carbocycles. The predicted octanol–water partition coefficient (Wildman–Crippen LogP) is 21.7. The monoisotopic (exact) mass is 1010 g/mol. The molecule has 0 fully saturated rings. The van der Waals surface area contributed by atoms with E-state index in [1.165, 1.54) is 57.0 Å². The third kappa shape index (κ3) is 8.40. The number of hydrogen-bond acceptors (Lipinski definition) is 4. The van der Waals surface area contributed by atoms with Crippen LogP contribution in [-0.4, -0.2) is 0 Å². The van der Waals surface area contributed by atoms with Crippen LogP contribution in [0.1, 0.15) is 1.37 Å². The van der Waals surface area contributed by atoms with Gasteiger partial charge in [0.05, 0.1) is 12.7 Å². The fraction of sp³-hybridized carbons (Fsp3) is 0. The number of benzene rings is 12. The molecule has 0 spiro atoms. The van der Waals surface area contributed by atoms with Gasteiger partial charge in [0.2, 0.25) is 0 Å². The van der Waals surface area contributed by atoms with Gasteiger partial charge < -0.3 is 9.80 Å². The van der Waals surface area contributed by atoms with Crippen LogP contribution < -0.4 is 9.80 Å². The van der Waals surface area contributed by atoms with Gasteiger partial charge in [0, 0.05) is 68.7 Å². The van der Waals surface area contributed by atoms with Gasteiger partial charge >= 0.3 is 0 Å². The molecule has 0 amide bonds. The van der Waals surface area contributed by atoms with Crippen LogP contribution in [0.2, 0.25) is 0 Å².